The van der Waals surface area contributed by atoms with Crippen LogP contribution in [0.2, 0.25) is 0 Å². The van der Waals surface area contributed by atoms with E-state index in [1.54, 1.807) is 12.1 Å². The number of esters is 1. The van der Waals surface area contributed by atoms with E-state index in [2.05, 4.69) is 126 Å². The number of nitrogens with zero attached hydrogens (tertiary/aromatic N) is 2. The van der Waals surface area contributed by atoms with Crippen LogP contribution >= 0.6 is 13.0 Å². The Morgan fingerprint density at radius 1 is 0.655 bits per heavy atom. The first-order chi connectivity index (χ1) is 26.1. The predicted octanol–water partition coefficient (Wildman–Crippen LogP) is 14.6. The molecule has 304 valence electrons. The molecule has 0 saturated carbocycles. The minimum atomic E-state index is -3.08. The Hall–Kier alpha value is -3.31. The van der Waals surface area contributed by atoms with Gasteiger partial charge < -0.3 is 26.7 Å². The molecule has 55 heavy (non-hydrogen) atoms. The third-order valence-corrected chi connectivity index (χ3v) is 12.1. The van der Waals surface area contributed by atoms with Crippen molar-refractivity contribution in [2.24, 2.45) is 0 Å². The Labute approximate surface area is 337 Å². The van der Waals surface area contributed by atoms with E-state index in [-0.39, 0.29) is 30.2 Å². The van der Waals surface area contributed by atoms with Crippen LogP contribution in [-0.2, 0) is 21.9 Å². The fourth-order valence-corrected chi connectivity index (χ4v) is 9.33. The number of fused-ring (bicyclic) bond motifs is 1. The maximum absolute atomic E-state index is 11.8. The number of benzene rings is 4. The van der Waals surface area contributed by atoms with Crippen LogP contribution < -0.4 is 0 Å². The number of carbonyl (C=O) groups is 1. The first kappa shape index (κ1) is 46.1. The van der Waals surface area contributed by atoms with Crippen LogP contribution in [0, 0.1) is 16.7 Å². The average Bonchev–Trinajstić information content (AvgIpc) is 3.57. The number of imidazole rings is 1. The maximum atomic E-state index is 11.8. The minimum Gasteiger partial charge on any atom is -0.462 e. The molecule has 4 aromatic carbocycles. The normalized spacial score (nSPS) is 11.5. The summed E-state index contributed by atoms with van der Waals surface area (Å²) in [6.45, 7) is 15.5. The number of unbranched alkanes of at least 4 members (excludes halogenated alkanes) is 1. The van der Waals surface area contributed by atoms with Gasteiger partial charge in [0.05, 0.1) is 12.2 Å². The smallest absolute Gasteiger partial charge is 0.338 e. The molecule has 11 heteroatoms. The molecule has 0 spiro atoms. The molecule has 0 aliphatic rings. The molecular weight excluding hydrogens is 960 g/mol. The molecule has 1 aromatic heterocycles. The number of aromatic nitrogens is 2. The third-order valence-electron chi connectivity index (χ3n) is 8.92. The molecule has 4 nitrogen and oxygen atoms in total. The topological polar surface area (TPSA) is 36.2 Å². The summed E-state index contributed by atoms with van der Waals surface area (Å²) < 4.78 is 63.8. The van der Waals surface area contributed by atoms with Gasteiger partial charge in [0.1, 0.15) is 0 Å². The van der Waals surface area contributed by atoms with Gasteiger partial charge in [-0.3, -0.25) is 0 Å². The van der Waals surface area contributed by atoms with E-state index in [0.29, 0.717) is 42.1 Å². The van der Waals surface area contributed by atoms with Crippen LogP contribution in [0.25, 0.3) is 22.1 Å². The van der Waals surface area contributed by atoms with Gasteiger partial charge in [0.15, 0.2) is 6.68 Å². The molecule has 5 rings (SSSR count). The van der Waals surface area contributed by atoms with Crippen molar-refractivity contribution in [1.29, 1.82) is 0 Å². The molecule has 0 radical (unpaired) electrons. The van der Waals surface area contributed by atoms with Gasteiger partial charge in [0.25, 0.3) is 0 Å². The summed E-state index contributed by atoms with van der Waals surface area (Å²) >= 11 is 3.73. The molecule has 5 aromatic rings. The third kappa shape index (κ3) is 13.1. The standard InChI is InChI=1S/C27H36N2.C16H15F2O2.CF3.Au.BrH/c1-18(2)22-11-9-12-23(19(3)4)26(22)28-15-16-29(17-28)27-24(20(5)6)13-10-14-25(27)21(7)8;17-15(18)7-3-4-10-20-16(19)14-9-8-12-5-1-2-6-13(12)11-14;2-1(3)4;;/h9-16,18-21H,1-8H3;1-2,5-6,8-9,11H,3-4,7,10H2;;;1H/q;2*-1;+1;/p-1. The Morgan fingerprint density at radius 3 is 1.49 bits per heavy atom. The van der Waals surface area contributed by atoms with Crippen molar-refractivity contribution in [3.05, 3.63) is 136 Å². The van der Waals surface area contributed by atoms with Crippen molar-refractivity contribution >= 4 is 29.8 Å². The SMILES string of the molecule is CC(C)c1cccc(C(C)C)c1-n1ccn(-c2c(C(C)C)cccc2C(C)C)[c]1=[Au][Br].F[C-](F)F.O=C(OCCCC[C-](F)F)c1ccc2ccccc2c1. The van der Waals surface area contributed by atoms with E-state index >= 15 is 0 Å². The molecule has 0 amide bonds. The number of rotatable bonds is 12. The van der Waals surface area contributed by atoms with Crippen LogP contribution in [0.15, 0.2) is 91.3 Å². The van der Waals surface area contributed by atoms with Crippen molar-refractivity contribution in [3.63, 3.8) is 0 Å². The molecule has 0 saturated heterocycles. The molecule has 0 atom stereocenters. The Bertz CT molecular complexity index is 1900. The zero-order chi connectivity index (χ0) is 40.8. The van der Waals surface area contributed by atoms with Crippen LogP contribution in [0.4, 0.5) is 22.0 Å². The van der Waals surface area contributed by atoms with Crippen molar-refractivity contribution in [3.8, 4) is 11.4 Å². The molecular formula is C44H51AuBrF5N2O2-2. The Morgan fingerprint density at radius 2 is 1.09 bits per heavy atom. The van der Waals surface area contributed by atoms with E-state index in [9.17, 15) is 26.7 Å². The van der Waals surface area contributed by atoms with Gasteiger partial charge in [-0.1, -0.05) is 36.8 Å². The quantitative estimate of drug-likeness (QED) is 0.0410. The summed E-state index contributed by atoms with van der Waals surface area (Å²) in [5, 5.41) is 2.02. The van der Waals surface area contributed by atoms with Gasteiger partial charge in [-0.15, -0.1) is 6.42 Å². The van der Waals surface area contributed by atoms with Crippen LogP contribution in [-0.4, -0.2) is 21.7 Å². The van der Waals surface area contributed by atoms with Crippen molar-refractivity contribution in [2.75, 3.05) is 6.61 Å². The number of hydrogen-bond donors (Lipinski definition) is 0. The molecule has 1 heterocycles. The largest absolute Gasteiger partial charge is 0.462 e. The second-order valence-corrected chi connectivity index (χ2v) is 17.6. The summed E-state index contributed by atoms with van der Waals surface area (Å²) in [6, 6.07) is 26.7. The fraction of sp³-hybridized carbons (Fsp3) is 0.364. The Kier molecular flexibility index (Phi) is 18.8. The van der Waals surface area contributed by atoms with Crippen molar-refractivity contribution in [1.82, 2.24) is 9.13 Å². The molecule has 0 aliphatic heterocycles. The van der Waals surface area contributed by atoms with Gasteiger partial charge in [-0.05, 0) is 29.3 Å². The number of carbonyl (C=O) groups excluding carboxylic acids is 1. The minimum absolute atomic E-state index is 0.166. The summed E-state index contributed by atoms with van der Waals surface area (Å²) in [4.78, 5) is 11.8. The maximum Gasteiger partial charge on any atom is 0.338 e. The summed E-state index contributed by atoms with van der Waals surface area (Å²) in [6.07, 6.45) is 3.52. The number of ether oxygens (including phenoxy) is 1. The first-order valence-corrected chi connectivity index (χ1v) is 24.1. The summed E-state index contributed by atoms with van der Waals surface area (Å²) in [7, 11) is 0. The van der Waals surface area contributed by atoms with E-state index in [4.69, 9.17) is 4.74 Å². The van der Waals surface area contributed by atoms with Crippen molar-refractivity contribution in [2.45, 2.75) is 98.3 Å². The zero-order valence-electron chi connectivity index (χ0n) is 32.6. The number of hydrogen-bond acceptors (Lipinski definition) is 2. The van der Waals surface area contributed by atoms with Crippen LogP contribution in [0.1, 0.15) is 131 Å². The van der Waals surface area contributed by atoms with E-state index in [0.717, 1.165) is 10.8 Å². The second kappa shape index (κ2) is 22.4. The molecule has 0 bridgehead atoms. The molecule has 0 aliphatic carbocycles. The summed E-state index contributed by atoms with van der Waals surface area (Å²) in [5.41, 5.74) is 8.87. The number of halogens is 6. The predicted molar refractivity (Wildman–Crippen MR) is 214 cm³/mol. The fourth-order valence-electron chi connectivity index (χ4n) is 6.24. The van der Waals surface area contributed by atoms with E-state index in [1.165, 1.54) is 37.3 Å². The molecule has 0 N–H and O–H groups in total. The van der Waals surface area contributed by atoms with Gasteiger partial charge in [-0.2, -0.15) is 0 Å². The second-order valence-electron chi connectivity index (χ2n) is 14.2. The van der Waals surface area contributed by atoms with Gasteiger partial charge in [-0.25, -0.2) is 4.79 Å². The molecule has 0 unspecified atom stereocenters. The monoisotopic (exact) mass is 1010 g/mol. The van der Waals surface area contributed by atoms with Crippen molar-refractivity contribution < 1.29 is 48.6 Å². The average molecular weight is 1010 g/mol. The first-order valence-electron chi connectivity index (χ1n) is 18.3. The molecule has 0 fully saturated rings. The Balaban J connectivity index is 0.000000290. The van der Waals surface area contributed by atoms with E-state index < -0.39 is 19.1 Å². The summed E-state index contributed by atoms with van der Waals surface area (Å²) in [5.74, 6) is 1.47. The van der Waals surface area contributed by atoms with Crippen LogP contribution in [0.5, 0.6) is 0 Å². The van der Waals surface area contributed by atoms with E-state index in [1.807, 2.05) is 30.3 Å². The van der Waals surface area contributed by atoms with Gasteiger partial charge in [0.2, 0.25) is 0 Å². The van der Waals surface area contributed by atoms with Gasteiger partial charge >= 0.3 is 210 Å². The van der Waals surface area contributed by atoms with Gasteiger partial charge in [0, 0.05) is 6.43 Å². The number of para-hydroxylation sites is 2. The zero-order valence-corrected chi connectivity index (χ0v) is 36.3. The van der Waals surface area contributed by atoms with Crippen LogP contribution in [0.3, 0.4) is 0 Å².